The zero-order valence-electron chi connectivity index (χ0n) is 11.9. The molecule has 0 radical (unpaired) electrons. The van der Waals surface area contributed by atoms with Crippen molar-refractivity contribution in [2.75, 3.05) is 33.4 Å². The van der Waals surface area contributed by atoms with Gasteiger partial charge in [0.1, 0.15) is 5.76 Å². The van der Waals surface area contributed by atoms with E-state index in [4.69, 9.17) is 9.15 Å². The second-order valence-electron chi connectivity index (χ2n) is 4.93. The maximum atomic E-state index is 5.61. The van der Waals surface area contributed by atoms with E-state index in [0.717, 1.165) is 51.5 Å². The molecule has 0 aliphatic carbocycles. The van der Waals surface area contributed by atoms with Crippen LogP contribution < -0.4 is 5.32 Å². The van der Waals surface area contributed by atoms with Crippen LogP contribution in [0.4, 0.5) is 0 Å². The number of hydrogen-bond donors (Lipinski definition) is 1. The highest BCUT2D eigenvalue weighted by Gasteiger charge is 2.15. The van der Waals surface area contributed by atoms with E-state index < -0.39 is 0 Å². The molecule has 0 atom stereocenters. The van der Waals surface area contributed by atoms with Crippen LogP contribution in [0.15, 0.2) is 28.4 Å². The topological polar surface area (TPSA) is 37.6 Å². The first-order valence-electron chi connectivity index (χ1n) is 6.98. The Morgan fingerprint density at radius 1 is 1.47 bits per heavy atom. The van der Waals surface area contributed by atoms with E-state index in [1.807, 2.05) is 0 Å². The fraction of sp³-hybridized carbons (Fsp3) is 0.600. The zero-order valence-corrected chi connectivity index (χ0v) is 11.9. The van der Waals surface area contributed by atoms with E-state index in [-0.39, 0.29) is 0 Å². The second kappa shape index (κ2) is 7.48. The van der Waals surface area contributed by atoms with E-state index in [2.05, 4.69) is 29.3 Å². The molecule has 19 heavy (non-hydrogen) atoms. The number of nitrogens with zero attached hydrogens (tertiary/aromatic N) is 1. The minimum absolute atomic E-state index is 0.764. The lowest BCUT2D eigenvalue weighted by Crippen LogP contribution is -2.29. The highest BCUT2D eigenvalue weighted by molar-refractivity contribution is 5.17. The van der Waals surface area contributed by atoms with E-state index >= 15 is 0 Å². The lowest BCUT2D eigenvalue weighted by molar-refractivity contribution is 0.206. The fourth-order valence-electron chi connectivity index (χ4n) is 2.34. The largest absolute Gasteiger partial charge is 0.468 e. The van der Waals surface area contributed by atoms with Crippen LogP contribution in [0.25, 0.3) is 0 Å². The molecule has 4 heteroatoms. The van der Waals surface area contributed by atoms with Crippen molar-refractivity contribution in [1.82, 2.24) is 10.2 Å². The molecule has 106 valence electrons. The van der Waals surface area contributed by atoms with Gasteiger partial charge in [-0.3, -0.25) is 4.90 Å². The van der Waals surface area contributed by atoms with Gasteiger partial charge >= 0.3 is 0 Å². The van der Waals surface area contributed by atoms with Gasteiger partial charge in [-0.1, -0.05) is 13.0 Å². The second-order valence-corrected chi connectivity index (χ2v) is 4.93. The molecule has 2 rings (SSSR count). The fourth-order valence-corrected chi connectivity index (χ4v) is 2.34. The third kappa shape index (κ3) is 4.20. The Kier molecular flexibility index (Phi) is 5.63. The van der Waals surface area contributed by atoms with Crippen molar-refractivity contribution in [1.29, 1.82) is 0 Å². The van der Waals surface area contributed by atoms with Gasteiger partial charge in [0.2, 0.25) is 0 Å². The highest BCUT2D eigenvalue weighted by Crippen LogP contribution is 2.17. The summed E-state index contributed by atoms with van der Waals surface area (Å²) in [5.41, 5.74) is 2.68. The van der Waals surface area contributed by atoms with Crippen LogP contribution in [-0.2, 0) is 17.8 Å². The number of hydrogen-bond acceptors (Lipinski definition) is 4. The average Bonchev–Trinajstić information content (AvgIpc) is 2.86. The molecular formula is C15H24N2O2. The molecule has 2 heterocycles. The molecule has 0 aromatic carbocycles. The summed E-state index contributed by atoms with van der Waals surface area (Å²) in [6.45, 7) is 7.71. The normalized spacial score (nSPS) is 16.6. The Hall–Kier alpha value is -1.10. The van der Waals surface area contributed by atoms with Crippen molar-refractivity contribution in [3.63, 3.8) is 0 Å². The van der Waals surface area contributed by atoms with Crippen molar-refractivity contribution in [2.45, 2.75) is 26.4 Å². The predicted molar refractivity (Wildman–Crippen MR) is 75.9 cm³/mol. The van der Waals surface area contributed by atoms with Gasteiger partial charge in [0.05, 0.1) is 19.4 Å². The number of ether oxygens (including phenoxy) is 1. The summed E-state index contributed by atoms with van der Waals surface area (Å²) in [6, 6.07) is 2.06. The molecule has 0 saturated heterocycles. The van der Waals surface area contributed by atoms with Crippen LogP contribution in [0.3, 0.4) is 0 Å². The van der Waals surface area contributed by atoms with E-state index in [9.17, 15) is 0 Å². The molecule has 1 aliphatic rings. The Morgan fingerprint density at radius 3 is 3.05 bits per heavy atom. The predicted octanol–water partition coefficient (Wildman–Crippen LogP) is 2.17. The van der Waals surface area contributed by atoms with Crippen molar-refractivity contribution in [3.8, 4) is 0 Å². The first-order chi connectivity index (χ1) is 9.33. The van der Waals surface area contributed by atoms with Gasteiger partial charge in [-0.15, -0.1) is 0 Å². The quantitative estimate of drug-likeness (QED) is 0.766. The number of furan rings is 1. The molecule has 0 spiro atoms. The summed E-state index contributed by atoms with van der Waals surface area (Å²) in [4.78, 5) is 2.41. The minimum Gasteiger partial charge on any atom is -0.468 e. The molecule has 1 aromatic rings. The van der Waals surface area contributed by atoms with Crippen molar-refractivity contribution >= 4 is 0 Å². The zero-order chi connectivity index (χ0) is 13.5. The molecule has 1 N–H and O–H groups in total. The van der Waals surface area contributed by atoms with E-state index in [1.165, 1.54) is 11.1 Å². The Balaban J connectivity index is 1.87. The summed E-state index contributed by atoms with van der Waals surface area (Å²) >= 11 is 0. The summed E-state index contributed by atoms with van der Waals surface area (Å²) in [6.07, 6.45) is 5.16. The Morgan fingerprint density at radius 2 is 2.37 bits per heavy atom. The lowest BCUT2D eigenvalue weighted by Gasteiger charge is -2.25. The van der Waals surface area contributed by atoms with Crippen LogP contribution in [-0.4, -0.2) is 38.3 Å². The molecule has 1 aromatic heterocycles. The summed E-state index contributed by atoms with van der Waals surface area (Å²) in [5, 5.41) is 3.35. The molecule has 4 nitrogen and oxygen atoms in total. The minimum atomic E-state index is 0.764. The van der Waals surface area contributed by atoms with Gasteiger partial charge in [0, 0.05) is 32.3 Å². The van der Waals surface area contributed by atoms with Crippen molar-refractivity contribution < 1.29 is 9.15 Å². The molecule has 1 aliphatic heterocycles. The third-order valence-corrected chi connectivity index (χ3v) is 3.49. The van der Waals surface area contributed by atoms with E-state index in [1.54, 1.807) is 13.4 Å². The summed E-state index contributed by atoms with van der Waals surface area (Å²) < 4.78 is 10.8. The van der Waals surface area contributed by atoms with Gasteiger partial charge in [-0.25, -0.2) is 0 Å². The number of methoxy groups -OCH3 is 1. The molecule has 0 amide bonds. The van der Waals surface area contributed by atoms with Gasteiger partial charge in [-0.05, 0) is 24.6 Å². The summed E-state index contributed by atoms with van der Waals surface area (Å²) in [5.74, 6) is 1.09. The SMILES string of the molecule is CCNCc1ccoc1CN1CC=C(COC)CC1. The first-order valence-corrected chi connectivity index (χ1v) is 6.98. The van der Waals surface area contributed by atoms with Crippen LogP contribution in [0, 0.1) is 0 Å². The van der Waals surface area contributed by atoms with Crippen molar-refractivity contribution in [2.24, 2.45) is 0 Å². The maximum Gasteiger partial charge on any atom is 0.122 e. The van der Waals surface area contributed by atoms with Gasteiger partial charge in [0.25, 0.3) is 0 Å². The van der Waals surface area contributed by atoms with Crippen molar-refractivity contribution in [3.05, 3.63) is 35.3 Å². The molecule has 0 saturated carbocycles. The first kappa shape index (κ1) is 14.3. The average molecular weight is 264 g/mol. The van der Waals surface area contributed by atoms with Gasteiger partial charge < -0.3 is 14.5 Å². The van der Waals surface area contributed by atoms with Crippen LogP contribution in [0.1, 0.15) is 24.7 Å². The molecular weight excluding hydrogens is 240 g/mol. The van der Waals surface area contributed by atoms with E-state index in [0.29, 0.717) is 0 Å². The van der Waals surface area contributed by atoms with Gasteiger partial charge in [0.15, 0.2) is 0 Å². The van der Waals surface area contributed by atoms with Gasteiger partial charge in [-0.2, -0.15) is 0 Å². The van der Waals surface area contributed by atoms with Crippen LogP contribution in [0.5, 0.6) is 0 Å². The van der Waals surface area contributed by atoms with Crippen LogP contribution in [0.2, 0.25) is 0 Å². The lowest BCUT2D eigenvalue weighted by atomic mass is 10.1. The molecule has 0 fully saturated rings. The smallest absolute Gasteiger partial charge is 0.122 e. The Bertz CT molecular complexity index is 412. The number of rotatable bonds is 7. The molecule has 0 unspecified atom stereocenters. The standard InChI is InChI=1S/C15H24N2O2/c1-3-16-10-14-6-9-19-15(14)11-17-7-4-13(5-8-17)12-18-2/h4,6,9,16H,3,5,7-8,10-12H2,1-2H3. The van der Waals surface area contributed by atoms with Crippen LogP contribution >= 0.6 is 0 Å². The summed E-state index contributed by atoms with van der Waals surface area (Å²) in [7, 11) is 1.75. The highest BCUT2D eigenvalue weighted by atomic mass is 16.5. The Labute approximate surface area is 115 Å². The number of nitrogens with one attached hydrogen (secondary N) is 1. The molecule has 0 bridgehead atoms. The third-order valence-electron chi connectivity index (χ3n) is 3.49. The maximum absolute atomic E-state index is 5.61. The monoisotopic (exact) mass is 264 g/mol.